The lowest BCUT2D eigenvalue weighted by Crippen LogP contribution is -2.38. The van der Waals surface area contributed by atoms with Crippen molar-refractivity contribution in [2.45, 2.75) is 39.8 Å². The minimum absolute atomic E-state index is 0. The molecule has 0 amide bonds. The highest BCUT2D eigenvalue weighted by Crippen LogP contribution is 2.22. The van der Waals surface area contributed by atoms with Crippen LogP contribution in [0.25, 0.3) is 0 Å². The van der Waals surface area contributed by atoms with Crippen LogP contribution in [-0.4, -0.2) is 51.3 Å². The van der Waals surface area contributed by atoms with Crippen molar-refractivity contribution in [3.8, 4) is 0 Å². The first kappa shape index (κ1) is 24.2. The molecule has 5 nitrogen and oxygen atoms in total. The topological polar surface area (TPSA) is 48.9 Å². The minimum atomic E-state index is 0. The van der Waals surface area contributed by atoms with Crippen molar-refractivity contribution in [3.63, 3.8) is 0 Å². The average molecular weight is 488 g/mol. The molecule has 1 aliphatic rings. The maximum Gasteiger partial charge on any atom is 0.191 e. The molecule has 2 N–H and O–H groups in total. The molecule has 2 atom stereocenters. The lowest BCUT2D eigenvalue weighted by molar-refractivity contribution is 0.134. The summed E-state index contributed by atoms with van der Waals surface area (Å²) in [5.74, 6) is 2.46. The Labute approximate surface area is 182 Å². The zero-order valence-electron chi connectivity index (χ0n) is 17.3. The van der Waals surface area contributed by atoms with Gasteiger partial charge in [-0.2, -0.15) is 0 Å². The molecule has 0 spiro atoms. The van der Waals surface area contributed by atoms with E-state index in [1.54, 1.807) is 14.2 Å². The Morgan fingerprint density at radius 2 is 1.74 bits per heavy atom. The molecule has 0 aliphatic carbocycles. The normalized spacial score (nSPS) is 20.8. The number of aliphatic imine (C=N–C) groups is 1. The summed E-state index contributed by atoms with van der Waals surface area (Å²) < 4.78 is 5.06. The molecule has 1 saturated heterocycles. The standard InChI is InChI=1S/C21H36N4O.HI/c1-17-12-18(2)15-25(14-17)16-20-8-6-19(7-9-20)13-24-21(22-3)23-10-5-11-26-4;/h6-9,17-18H,5,10-16H2,1-4H3,(H2,22,23,24);1H. The largest absolute Gasteiger partial charge is 0.385 e. The second-order valence-electron chi connectivity index (χ2n) is 7.66. The Kier molecular flexibility index (Phi) is 11.9. The smallest absolute Gasteiger partial charge is 0.191 e. The molecule has 1 aliphatic heterocycles. The van der Waals surface area contributed by atoms with Crippen molar-refractivity contribution in [1.29, 1.82) is 0 Å². The number of guanidine groups is 1. The van der Waals surface area contributed by atoms with Crippen LogP contribution in [0, 0.1) is 11.8 Å². The van der Waals surface area contributed by atoms with Gasteiger partial charge < -0.3 is 15.4 Å². The van der Waals surface area contributed by atoms with E-state index in [-0.39, 0.29) is 24.0 Å². The predicted octanol–water partition coefficient (Wildman–Crippen LogP) is 3.48. The van der Waals surface area contributed by atoms with Gasteiger partial charge in [-0.3, -0.25) is 9.89 Å². The third kappa shape index (κ3) is 9.25. The van der Waals surface area contributed by atoms with Gasteiger partial charge in [-0.15, -0.1) is 24.0 Å². The number of nitrogens with zero attached hydrogens (tertiary/aromatic N) is 2. The van der Waals surface area contributed by atoms with E-state index in [1.807, 2.05) is 0 Å². The number of piperidine rings is 1. The highest BCUT2D eigenvalue weighted by Gasteiger charge is 2.21. The van der Waals surface area contributed by atoms with Crippen LogP contribution in [0.2, 0.25) is 0 Å². The molecule has 1 aromatic rings. The first-order valence-corrected chi connectivity index (χ1v) is 9.84. The van der Waals surface area contributed by atoms with Crippen LogP contribution in [0.5, 0.6) is 0 Å². The van der Waals surface area contributed by atoms with Gasteiger partial charge in [0.1, 0.15) is 0 Å². The summed E-state index contributed by atoms with van der Waals surface area (Å²) in [6, 6.07) is 8.96. The summed E-state index contributed by atoms with van der Waals surface area (Å²) in [6.07, 6.45) is 2.33. The number of ether oxygens (including phenoxy) is 1. The van der Waals surface area contributed by atoms with Crippen LogP contribution < -0.4 is 10.6 Å². The molecule has 2 rings (SSSR count). The fraction of sp³-hybridized carbons (Fsp3) is 0.667. The van der Waals surface area contributed by atoms with Crippen molar-refractivity contribution >= 4 is 29.9 Å². The van der Waals surface area contributed by atoms with Crippen LogP contribution in [-0.2, 0) is 17.8 Å². The third-order valence-electron chi connectivity index (χ3n) is 4.87. The molecule has 1 aromatic carbocycles. The fourth-order valence-electron chi connectivity index (χ4n) is 3.77. The first-order chi connectivity index (χ1) is 12.6. The highest BCUT2D eigenvalue weighted by molar-refractivity contribution is 14.0. The molecule has 6 heteroatoms. The van der Waals surface area contributed by atoms with Gasteiger partial charge in [-0.25, -0.2) is 0 Å². The van der Waals surface area contributed by atoms with Crippen molar-refractivity contribution in [2.75, 3.05) is 40.4 Å². The van der Waals surface area contributed by atoms with E-state index in [0.29, 0.717) is 0 Å². The molecule has 2 unspecified atom stereocenters. The van der Waals surface area contributed by atoms with Crippen molar-refractivity contribution in [3.05, 3.63) is 35.4 Å². The molecule has 0 radical (unpaired) electrons. The van der Waals surface area contributed by atoms with Gasteiger partial charge in [0.2, 0.25) is 0 Å². The molecule has 0 saturated carbocycles. The van der Waals surface area contributed by atoms with Crippen molar-refractivity contribution in [1.82, 2.24) is 15.5 Å². The summed E-state index contributed by atoms with van der Waals surface area (Å²) in [5, 5.41) is 6.66. The molecule has 154 valence electrons. The van der Waals surface area contributed by atoms with E-state index in [4.69, 9.17) is 4.74 Å². The van der Waals surface area contributed by atoms with E-state index in [0.717, 1.165) is 50.5 Å². The summed E-state index contributed by atoms with van der Waals surface area (Å²) in [5.41, 5.74) is 2.67. The SMILES string of the molecule is CN=C(NCCCOC)NCc1ccc(CN2CC(C)CC(C)C2)cc1.I. The minimum Gasteiger partial charge on any atom is -0.385 e. The summed E-state index contributed by atoms with van der Waals surface area (Å²) >= 11 is 0. The Morgan fingerprint density at radius 3 is 2.33 bits per heavy atom. The Morgan fingerprint density at radius 1 is 1.11 bits per heavy atom. The molecule has 1 fully saturated rings. The second kappa shape index (κ2) is 13.3. The van der Waals surface area contributed by atoms with Gasteiger partial charge in [0, 0.05) is 53.5 Å². The van der Waals surface area contributed by atoms with Gasteiger partial charge in [0.05, 0.1) is 0 Å². The molecular formula is C21H37IN4O. The number of halogens is 1. The quantitative estimate of drug-likeness (QED) is 0.255. The van der Waals surface area contributed by atoms with Gasteiger partial charge >= 0.3 is 0 Å². The van der Waals surface area contributed by atoms with Gasteiger partial charge in [0.25, 0.3) is 0 Å². The maximum atomic E-state index is 5.06. The lowest BCUT2D eigenvalue weighted by Gasteiger charge is -2.35. The number of benzene rings is 1. The van der Waals surface area contributed by atoms with E-state index >= 15 is 0 Å². The average Bonchev–Trinajstić information content (AvgIpc) is 2.61. The molecule has 0 bridgehead atoms. The van der Waals surface area contributed by atoms with Crippen LogP contribution in [0.15, 0.2) is 29.3 Å². The van der Waals surface area contributed by atoms with Gasteiger partial charge in [-0.05, 0) is 35.8 Å². The second-order valence-corrected chi connectivity index (χ2v) is 7.66. The predicted molar refractivity (Wildman–Crippen MR) is 125 cm³/mol. The molecule has 1 heterocycles. The maximum absolute atomic E-state index is 5.06. The van der Waals surface area contributed by atoms with Crippen molar-refractivity contribution in [2.24, 2.45) is 16.8 Å². The van der Waals surface area contributed by atoms with Crippen LogP contribution in [0.1, 0.15) is 37.8 Å². The number of hydrogen-bond donors (Lipinski definition) is 2. The zero-order chi connectivity index (χ0) is 18.8. The number of nitrogens with one attached hydrogen (secondary N) is 2. The molecule has 27 heavy (non-hydrogen) atoms. The van der Waals surface area contributed by atoms with E-state index in [1.165, 1.54) is 30.6 Å². The third-order valence-corrected chi connectivity index (χ3v) is 4.87. The molecule has 0 aromatic heterocycles. The zero-order valence-corrected chi connectivity index (χ0v) is 19.7. The first-order valence-electron chi connectivity index (χ1n) is 9.84. The van der Waals surface area contributed by atoms with Crippen LogP contribution in [0.4, 0.5) is 0 Å². The summed E-state index contributed by atoms with van der Waals surface area (Å²) in [4.78, 5) is 6.85. The Balaban J connectivity index is 0.00000364. The number of rotatable bonds is 8. The molecular weight excluding hydrogens is 451 g/mol. The summed E-state index contributed by atoms with van der Waals surface area (Å²) in [6.45, 7) is 10.6. The Hall–Kier alpha value is -0.860. The number of hydrogen-bond acceptors (Lipinski definition) is 3. The van der Waals surface area contributed by atoms with Gasteiger partial charge in [0.15, 0.2) is 5.96 Å². The summed E-state index contributed by atoms with van der Waals surface area (Å²) in [7, 11) is 3.53. The number of methoxy groups -OCH3 is 1. The van der Waals surface area contributed by atoms with E-state index in [2.05, 4.69) is 58.6 Å². The van der Waals surface area contributed by atoms with Crippen LogP contribution >= 0.6 is 24.0 Å². The monoisotopic (exact) mass is 488 g/mol. The fourth-order valence-corrected chi connectivity index (χ4v) is 3.77. The Bertz CT molecular complexity index is 540. The van der Waals surface area contributed by atoms with E-state index in [9.17, 15) is 0 Å². The highest BCUT2D eigenvalue weighted by atomic mass is 127. The lowest BCUT2D eigenvalue weighted by atomic mass is 9.91. The van der Waals surface area contributed by atoms with Crippen molar-refractivity contribution < 1.29 is 4.74 Å². The van der Waals surface area contributed by atoms with E-state index < -0.39 is 0 Å². The van der Waals surface area contributed by atoms with Crippen LogP contribution in [0.3, 0.4) is 0 Å². The number of likely N-dealkylation sites (tertiary alicyclic amines) is 1. The van der Waals surface area contributed by atoms with Gasteiger partial charge in [-0.1, -0.05) is 38.1 Å².